The Hall–Kier alpha value is -3.01. The molecule has 0 aliphatic carbocycles. The molecule has 0 N–H and O–H groups in total. The number of ether oxygens (including phenoxy) is 1. The van der Waals surface area contributed by atoms with Crippen LogP contribution in [0.4, 0.5) is 10.1 Å². The van der Waals surface area contributed by atoms with Gasteiger partial charge in [0.1, 0.15) is 18.2 Å². The molecule has 0 atom stereocenters. The molecule has 7 nitrogen and oxygen atoms in total. The molecular weight excluding hydrogens is 469 g/mol. The zero-order valence-corrected chi connectivity index (χ0v) is 19.2. The molecule has 3 aromatic rings. The molecule has 0 bridgehead atoms. The molecule has 1 aromatic heterocycles. The van der Waals surface area contributed by atoms with Crippen LogP contribution >= 0.6 is 22.9 Å². The average molecular weight is 490 g/mol. The Morgan fingerprint density at radius 2 is 1.85 bits per heavy atom. The lowest BCUT2D eigenvalue weighted by molar-refractivity contribution is -0.384. The Labute approximate surface area is 199 Å². The number of thiophene rings is 1. The van der Waals surface area contributed by atoms with E-state index < -0.39 is 4.92 Å². The van der Waals surface area contributed by atoms with Gasteiger partial charge in [0.05, 0.1) is 9.80 Å². The van der Waals surface area contributed by atoms with Gasteiger partial charge in [-0.3, -0.25) is 19.8 Å². The molecule has 2 aromatic carbocycles. The highest BCUT2D eigenvalue weighted by molar-refractivity contribution is 7.12. The molecule has 1 aliphatic rings. The summed E-state index contributed by atoms with van der Waals surface area (Å²) in [5, 5.41) is 13.0. The highest BCUT2D eigenvalue weighted by atomic mass is 35.5. The van der Waals surface area contributed by atoms with Crippen LogP contribution in [0, 0.1) is 15.9 Å². The standard InChI is InChI=1S/C23H21ClFN3O4S/c24-21-12-18(25)2-1-17(21)13-26-7-9-27(10-8-26)23(29)22-11-16(15-33-22)14-32-20-5-3-19(4-6-20)28(30)31/h1-6,11-12,15H,7-10,13-14H2. The number of nitrogens with zero attached hydrogens (tertiary/aromatic N) is 3. The van der Waals surface area contributed by atoms with E-state index in [2.05, 4.69) is 4.90 Å². The van der Waals surface area contributed by atoms with Crippen molar-refractivity contribution >= 4 is 34.5 Å². The second-order valence-corrected chi connectivity index (χ2v) is 8.98. The van der Waals surface area contributed by atoms with Crippen molar-refractivity contribution in [1.82, 2.24) is 9.80 Å². The number of nitro groups is 1. The minimum Gasteiger partial charge on any atom is -0.489 e. The molecule has 172 valence electrons. The minimum absolute atomic E-state index is 0.00614. The van der Waals surface area contributed by atoms with Crippen molar-refractivity contribution in [3.05, 3.63) is 90.9 Å². The van der Waals surface area contributed by atoms with Gasteiger partial charge in [0.15, 0.2) is 0 Å². The van der Waals surface area contributed by atoms with E-state index >= 15 is 0 Å². The van der Waals surface area contributed by atoms with Crippen LogP contribution in [0.2, 0.25) is 5.02 Å². The molecule has 0 saturated carbocycles. The van der Waals surface area contributed by atoms with E-state index in [1.165, 1.54) is 35.6 Å². The number of amides is 1. The number of benzene rings is 2. The second-order valence-electron chi connectivity index (χ2n) is 7.66. The van der Waals surface area contributed by atoms with Gasteiger partial charge in [-0.1, -0.05) is 17.7 Å². The number of piperazine rings is 1. The predicted octanol–water partition coefficient (Wildman–Crippen LogP) is 4.99. The van der Waals surface area contributed by atoms with Crippen LogP contribution < -0.4 is 4.74 Å². The van der Waals surface area contributed by atoms with Crippen molar-refractivity contribution in [2.24, 2.45) is 0 Å². The van der Waals surface area contributed by atoms with Crippen molar-refractivity contribution in [2.75, 3.05) is 26.2 Å². The molecule has 2 heterocycles. The molecule has 1 amide bonds. The summed E-state index contributed by atoms with van der Waals surface area (Å²) >= 11 is 7.50. The number of hydrogen-bond donors (Lipinski definition) is 0. The highest BCUT2D eigenvalue weighted by Crippen LogP contribution is 2.23. The fourth-order valence-electron chi connectivity index (χ4n) is 3.55. The molecular formula is C23H21ClFN3O4S. The van der Waals surface area contributed by atoms with Gasteiger partial charge in [0.2, 0.25) is 0 Å². The van der Waals surface area contributed by atoms with Crippen LogP contribution in [0.15, 0.2) is 53.9 Å². The maximum absolute atomic E-state index is 13.2. The van der Waals surface area contributed by atoms with E-state index in [0.717, 1.165) is 11.1 Å². The van der Waals surface area contributed by atoms with Crippen molar-refractivity contribution in [3.8, 4) is 5.75 Å². The summed E-state index contributed by atoms with van der Waals surface area (Å²) in [5.74, 6) is 0.158. The lowest BCUT2D eigenvalue weighted by Gasteiger charge is -2.34. The zero-order valence-electron chi connectivity index (χ0n) is 17.6. The van der Waals surface area contributed by atoms with E-state index in [-0.39, 0.29) is 24.0 Å². The summed E-state index contributed by atoms with van der Waals surface area (Å²) in [6.45, 7) is 3.51. The van der Waals surface area contributed by atoms with Gasteiger partial charge in [0.25, 0.3) is 11.6 Å². The van der Waals surface area contributed by atoms with Crippen molar-refractivity contribution in [2.45, 2.75) is 13.2 Å². The van der Waals surface area contributed by atoms with Crippen LogP contribution in [0.3, 0.4) is 0 Å². The maximum Gasteiger partial charge on any atom is 0.269 e. The van der Waals surface area contributed by atoms with E-state index in [4.69, 9.17) is 16.3 Å². The highest BCUT2D eigenvalue weighted by Gasteiger charge is 2.23. The first kappa shape index (κ1) is 23.2. The van der Waals surface area contributed by atoms with Gasteiger partial charge in [-0.2, -0.15) is 0 Å². The third-order valence-corrected chi connectivity index (χ3v) is 6.71. The fourth-order valence-corrected chi connectivity index (χ4v) is 4.64. The van der Waals surface area contributed by atoms with E-state index in [1.807, 2.05) is 16.3 Å². The van der Waals surface area contributed by atoms with Gasteiger partial charge in [-0.25, -0.2) is 4.39 Å². The predicted molar refractivity (Wildman–Crippen MR) is 124 cm³/mol. The molecule has 1 aliphatic heterocycles. The Kier molecular flexibility index (Phi) is 7.22. The van der Waals surface area contributed by atoms with Crippen molar-refractivity contribution in [1.29, 1.82) is 0 Å². The van der Waals surface area contributed by atoms with Crippen LogP contribution in [0.25, 0.3) is 0 Å². The number of carbonyl (C=O) groups is 1. The van der Waals surface area contributed by atoms with Gasteiger partial charge < -0.3 is 9.64 Å². The molecule has 10 heteroatoms. The summed E-state index contributed by atoms with van der Waals surface area (Å²) in [7, 11) is 0. The van der Waals surface area contributed by atoms with Crippen LogP contribution in [-0.4, -0.2) is 46.8 Å². The second kappa shape index (κ2) is 10.3. The number of halogens is 2. The number of rotatable bonds is 7. The van der Waals surface area contributed by atoms with E-state index in [9.17, 15) is 19.3 Å². The first-order valence-corrected chi connectivity index (χ1v) is 11.5. The van der Waals surface area contributed by atoms with Crippen LogP contribution in [0.5, 0.6) is 5.75 Å². The first-order valence-electron chi connectivity index (χ1n) is 10.3. The molecule has 0 radical (unpaired) electrons. The van der Waals surface area contributed by atoms with Crippen molar-refractivity contribution in [3.63, 3.8) is 0 Å². The largest absolute Gasteiger partial charge is 0.489 e. The van der Waals surface area contributed by atoms with Gasteiger partial charge in [-0.05, 0) is 41.3 Å². The first-order chi connectivity index (χ1) is 15.9. The summed E-state index contributed by atoms with van der Waals surface area (Å²) < 4.78 is 18.9. The number of hydrogen-bond acceptors (Lipinski definition) is 6. The zero-order chi connectivity index (χ0) is 23.4. The lowest BCUT2D eigenvalue weighted by Crippen LogP contribution is -2.48. The summed E-state index contributed by atoms with van der Waals surface area (Å²) in [5.41, 5.74) is 1.74. The SMILES string of the molecule is O=C(c1cc(COc2ccc([N+](=O)[O-])cc2)cs1)N1CCN(Cc2ccc(F)cc2Cl)CC1. The van der Waals surface area contributed by atoms with Gasteiger partial charge in [0, 0.05) is 55.4 Å². The number of non-ortho nitro benzene ring substituents is 1. The third kappa shape index (κ3) is 5.87. The number of carbonyl (C=O) groups excluding carboxylic acids is 1. The van der Waals surface area contributed by atoms with Crippen LogP contribution in [-0.2, 0) is 13.2 Å². The summed E-state index contributed by atoms with van der Waals surface area (Å²) in [4.78, 5) is 27.8. The molecule has 0 unspecified atom stereocenters. The van der Waals surface area contributed by atoms with Gasteiger partial charge >= 0.3 is 0 Å². The number of nitro benzene ring substituents is 1. The van der Waals surface area contributed by atoms with E-state index in [0.29, 0.717) is 48.4 Å². The maximum atomic E-state index is 13.2. The Morgan fingerprint density at radius 1 is 1.12 bits per heavy atom. The molecule has 33 heavy (non-hydrogen) atoms. The van der Waals surface area contributed by atoms with Crippen molar-refractivity contribution < 1.29 is 18.8 Å². The van der Waals surface area contributed by atoms with Gasteiger partial charge in [-0.15, -0.1) is 11.3 Å². The third-order valence-electron chi connectivity index (χ3n) is 5.39. The molecule has 1 fully saturated rings. The summed E-state index contributed by atoms with van der Waals surface area (Å²) in [6, 6.07) is 12.1. The smallest absolute Gasteiger partial charge is 0.269 e. The van der Waals surface area contributed by atoms with E-state index in [1.54, 1.807) is 18.2 Å². The summed E-state index contributed by atoms with van der Waals surface area (Å²) in [6.07, 6.45) is 0. The Bertz CT molecular complexity index is 1150. The fraction of sp³-hybridized carbons (Fsp3) is 0.261. The molecule has 4 rings (SSSR count). The normalized spacial score (nSPS) is 14.3. The lowest BCUT2D eigenvalue weighted by atomic mass is 10.2. The molecule has 1 saturated heterocycles. The Balaban J connectivity index is 1.27. The monoisotopic (exact) mass is 489 g/mol. The minimum atomic E-state index is -0.460. The Morgan fingerprint density at radius 3 is 2.52 bits per heavy atom. The molecule has 0 spiro atoms. The van der Waals surface area contributed by atoms with Crippen LogP contribution in [0.1, 0.15) is 20.8 Å². The topological polar surface area (TPSA) is 75.9 Å². The quantitative estimate of drug-likeness (QED) is 0.345. The average Bonchev–Trinajstić information content (AvgIpc) is 3.29.